The van der Waals surface area contributed by atoms with Gasteiger partial charge in [0.25, 0.3) is 5.84 Å². The molecule has 0 aliphatic carbocycles. The Labute approximate surface area is 123 Å². The van der Waals surface area contributed by atoms with E-state index in [0.717, 1.165) is 0 Å². The first-order chi connectivity index (χ1) is 8.77. The second-order valence-corrected chi connectivity index (χ2v) is 5.57. The van der Waals surface area contributed by atoms with Gasteiger partial charge in [0.2, 0.25) is 0 Å². The number of amidine groups is 1. The minimum atomic E-state index is -4.94. The molecular formula is C11H25ClN4O4. The Morgan fingerprint density at radius 3 is 1.25 bits per heavy atom. The molecule has 0 heterocycles. The average Bonchev–Trinajstić information content (AvgIpc) is 2.12. The highest BCUT2D eigenvalue weighted by Gasteiger charge is 2.12. The van der Waals surface area contributed by atoms with Gasteiger partial charge in [0.1, 0.15) is 5.82 Å². The van der Waals surface area contributed by atoms with Crippen LogP contribution >= 0.6 is 0 Å². The summed E-state index contributed by atoms with van der Waals surface area (Å²) in [5.41, 5.74) is 0. The van der Waals surface area contributed by atoms with Gasteiger partial charge < -0.3 is 9.80 Å². The zero-order valence-corrected chi connectivity index (χ0v) is 14.1. The molecule has 0 aromatic carbocycles. The molecule has 0 aromatic rings. The highest BCUT2D eigenvalue weighted by Crippen LogP contribution is 2.03. The van der Waals surface area contributed by atoms with Gasteiger partial charge in [-0.3, -0.25) is 9.48 Å². The summed E-state index contributed by atoms with van der Waals surface area (Å²) in [6.07, 6.45) is 2.17. The van der Waals surface area contributed by atoms with Crippen molar-refractivity contribution in [3.05, 3.63) is 11.9 Å². The molecule has 0 unspecified atom stereocenters. The van der Waals surface area contributed by atoms with E-state index in [4.69, 9.17) is 18.6 Å². The summed E-state index contributed by atoms with van der Waals surface area (Å²) in [5.74, 6) is 2.35. The molecule has 0 saturated carbocycles. The van der Waals surface area contributed by atoms with Gasteiger partial charge in [0, 0.05) is 28.2 Å². The molecule has 0 spiro atoms. The lowest BCUT2D eigenvalue weighted by Gasteiger charge is -2.24. The zero-order chi connectivity index (χ0) is 16.7. The first-order valence-electron chi connectivity index (χ1n) is 5.67. The van der Waals surface area contributed by atoms with Crippen LogP contribution in [-0.2, 0) is 0 Å². The van der Waals surface area contributed by atoms with Gasteiger partial charge in [-0.15, -0.1) is 10.2 Å². The van der Waals surface area contributed by atoms with Gasteiger partial charge in [0.15, 0.2) is 0 Å². The molecule has 0 N–H and O–H groups in total. The molecule has 8 nitrogen and oxygen atoms in total. The number of hydrogen-bond donors (Lipinski definition) is 0. The molecule has 0 atom stereocenters. The molecular weight excluding hydrogens is 288 g/mol. The van der Waals surface area contributed by atoms with Crippen molar-refractivity contribution in [2.75, 3.05) is 56.4 Å². The molecule has 0 radical (unpaired) electrons. The van der Waals surface area contributed by atoms with E-state index < -0.39 is 10.2 Å². The van der Waals surface area contributed by atoms with Gasteiger partial charge in [0.05, 0.1) is 34.3 Å². The maximum absolute atomic E-state index is 8.49. The number of rotatable bonds is 3. The standard InChI is InChI=1S/C11H25N4.ClHO4/c1-12(2)10(13(3)4)9-11(14(5)6)15(7)8;2-1(3,4)5/h9H,1-8H3;(H,2,3,4,5)/q+1;/p-1. The molecule has 9 heteroatoms. The normalized spacial score (nSPS) is 10.0. The van der Waals surface area contributed by atoms with Crippen molar-refractivity contribution in [1.82, 2.24) is 14.7 Å². The third kappa shape index (κ3) is 12.0. The Kier molecular flexibility index (Phi) is 9.54. The number of likely N-dealkylation sites (N-methyl/N-ethyl adjacent to an activating group) is 1. The quantitative estimate of drug-likeness (QED) is 0.293. The number of halogens is 1. The lowest BCUT2D eigenvalue weighted by atomic mass is 10.4. The fraction of sp³-hybridized carbons (Fsp3) is 0.727. The lowest BCUT2D eigenvalue weighted by molar-refractivity contribution is -2.00. The van der Waals surface area contributed by atoms with E-state index >= 15 is 0 Å². The van der Waals surface area contributed by atoms with Crippen LogP contribution in [0.2, 0.25) is 0 Å². The molecule has 20 heavy (non-hydrogen) atoms. The van der Waals surface area contributed by atoms with Crippen LogP contribution < -0.4 is 18.6 Å². The summed E-state index contributed by atoms with van der Waals surface area (Å²) >= 11 is 0. The van der Waals surface area contributed by atoms with E-state index in [9.17, 15) is 0 Å². The highest BCUT2D eigenvalue weighted by molar-refractivity contribution is 5.88. The van der Waals surface area contributed by atoms with Crippen molar-refractivity contribution in [1.29, 1.82) is 0 Å². The van der Waals surface area contributed by atoms with E-state index in [0.29, 0.717) is 0 Å². The van der Waals surface area contributed by atoms with Crippen LogP contribution in [0.4, 0.5) is 0 Å². The summed E-state index contributed by atoms with van der Waals surface area (Å²) < 4.78 is 36.1. The molecule has 0 aliphatic rings. The molecule has 0 aromatic heterocycles. The smallest absolute Gasteiger partial charge is 0.274 e. The SMILES string of the molecule is CN(C)C(=CC(N(C)C)=[N+](C)C)N(C)C.[O-][Cl+3]([O-])([O-])[O-]. The van der Waals surface area contributed by atoms with Crippen molar-refractivity contribution in [2.24, 2.45) is 0 Å². The third-order valence-corrected chi connectivity index (χ3v) is 2.09. The van der Waals surface area contributed by atoms with E-state index in [1.54, 1.807) is 0 Å². The largest absolute Gasteiger partial charge is 0.364 e. The first kappa shape index (κ1) is 21.2. The summed E-state index contributed by atoms with van der Waals surface area (Å²) in [7, 11) is 11.5. The summed E-state index contributed by atoms with van der Waals surface area (Å²) in [6.45, 7) is 0. The minimum Gasteiger partial charge on any atom is -0.364 e. The van der Waals surface area contributed by atoms with Crippen molar-refractivity contribution in [3.8, 4) is 0 Å². The average molecular weight is 313 g/mol. The summed E-state index contributed by atoms with van der Waals surface area (Å²) in [4.78, 5) is 6.31. The number of nitrogens with zero attached hydrogens (tertiary/aromatic N) is 4. The Hall–Kier alpha value is -1.06. The highest BCUT2D eigenvalue weighted by atomic mass is 35.7. The van der Waals surface area contributed by atoms with Crippen molar-refractivity contribution in [2.45, 2.75) is 0 Å². The Morgan fingerprint density at radius 2 is 1.10 bits per heavy atom. The number of hydrogen-bond acceptors (Lipinski definition) is 6. The van der Waals surface area contributed by atoms with Crippen LogP contribution in [0.1, 0.15) is 0 Å². The van der Waals surface area contributed by atoms with Crippen LogP contribution in [0, 0.1) is 10.2 Å². The van der Waals surface area contributed by atoms with Gasteiger partial charge >= 0.3 is 0 Å². The van der Waals surface area contributed by atoms with Crippen LogP contribution in [-0.4, -0.2) is 81.5 Å². The van der Waals surface area contributed by atoms with E-state index in [2.05, 4.69) is 81.7 Å². The fourth-order valence-electron chi connectivity index (χ4n) is 1.43. The van der Waals surface area contributed by atoms with E-state index in [1.807, 2.05) is 0 Å². The summed E-state index contributed by atoms with van der Waals surface area (Å²) in [5, 5.41) is 0. The van der Waals surface area contributed by atoms with Gasteiger partial charge in [-0.2, -0.15) is 0 Å². The third-order valence-electron chi connectivity index (χ3n) is 2.09. The van der Waals surface area contributed by atoms with E-state index in [-0.39, 0.29) is 0 Å². The van der Waals surface area contributed by atoms with Crippen molar-refractivity contribution >= 4 is 5.84 Å². The van der Waals surface area contributed by atoms with Crippen LogP contribution in [0.5, 0.6) is 0 Å². The zero-order valence-electron chi connectivity index (χ0n) is 13.4. The second kappa shape index (κ2) is 8.98. The molecule has 0 fully saturated rings. The first-order valence-corrected chi connectivity index (χ1v) is 6.90. The second-order valence-electron chi connectivity index (χ2n) is 4.82. The van der Waals surface area contributed by atoms with Gasteiger partial charge in [-0.1, -0.05) is 0 Å². The van der Waals surface area contributed by atoms with Gasteiger partial charge in [-0.05, 0) is 0 Å². The Balaban J connectivity index is 0. The topological polar surface area (TPSA) is 105 Å². The maximum atomic E-state index is 8.49. The predicted molar refractivity (Wildman–Crippen MR) is 66.3 cm³/mol. The van der Waals surface area contributed by atoms with Crippen molar-refractivity contribution in [3.63, 3.8) is 0 Å². The molecule has 0 amide bonds. The van der Waals surface area contributed by atoms with Crippen molar-refractivity contribution < 1.29 is 33.5 Å². The van der Waals surface area contributed by atoms with Crippen LogP contribution in [0.3, 0.4) is 0 Å². The molecule has 0 bridgehead atoms. The van der Waals surface area contributed by atoms with Gasteiger partial charge in [-0.25, -0.2) is 18.6 Å². The lowest BCUT2D eigenvalue weighted by Crippen LogP contribution is -2.68. The fourth-order valence-corrected chi connectivity index (χ4v) is 1.43. The summed E-state index contributed by atoms with van der Waals surface area (Å²) in [6, 6.07) is 0. The Morgan fingerprint density at radius 1 is 0.800 bits per heavy atom. The molecule has 0 saturated heterocycles. The van der Waals surface area contributed by atoms with Crippen LogP contribution in [0.15, 0.2) is 11.9 Å². The minimum absolute atomic E-state index is 1.17. The van der Waals surface area contributed by atoms with Crippen LogP contribution in [0.25, 0.3) is 0 Å². The monoisotopic (exact) mass is 312 g/mol. The molecule has 0 aliphatic heterocycles. The molecule has 0 rings (SSSR count). The Bertz CT molecular complexity index is 329. The van der Waals surface area contributed by atoms with E-state index in [1.165, 1.54) is 11.7 Å². The molecule has 120 valence electrons. The predicted octanol–water partition coefficient (Wildman–Crippen LogP) is -4.57. The maximum Gasteiger partial charge on any atom is 0.274 e.